The third kappa shape index (κ3) is 5.03. The Balaban J connectivity index is 2.43. The SMILES string of the molecule is CCc1ccc(C(=O)NCC[C@H](O)C(C)(C)C)cc1. The van der Waals surface area contributed by atoms with Crippen molar-refractivity contribution in [1.29, 1.82) is 0 Å². The average Bonchev–Trinajstić information content (AvgIpc) is 2.37. The third-order valence-corrected chi connectivity index (χ3v) is 3.33. The number of amides is 1. The summed E-state index contributed by atoms with van der Waals surface area (Å²) in [6.45, 7) is 8.55. The summed E-state index contributed by atoms with van der Waals surface area (Å²) in [6, 6.07) is 7.63. The van der Waals surface area contributed by atoms with Gasteiger partial charge in [0, 0.05) is 12.1 Å². The molecule has 1 aromatic rings. The van der Waals surface area contributed by atoms with Crippen LogP contribution in [0.5, 0.6) is 0 Å². The van der Waals surface area contributed by atoms with Crippen LogP contribution >= 0.6 is 0 Å². The molecule has 0 aliphatic carbocycles. The van der Waals surface area contributed by atoms with Gasteiger partial charge in [0.1, 0.15) is 0 Å². The van der Waals surface area contributed by atoms with Crippen molar-refractivity contribution in [2.24, 2.45) is 5.41 Å². The molecule has 0 unspecified atom stereocenters. The molecule has 0 spiro atoms. The van der Waals surface area contributed by atoms with Crippen LogP contribution < -0.4 is 5.32 Å². The van der Waals surface area contributed by atoms with Gasteiger partial charge in [-0.05, 0) is 36.0 Å². The zero-order valence-corrected chi connectivity index (χ0v) is 12.4. The van der Waals surface area contributed by atoms with Crippen molar-refractivity contribution >= 4 is 5.91 Å². The van der Waals surface area contributed by atoms with E-state index in [1.165, 1.54) is 5.56 Å². The van der Waals surface area contributed by atoms with Gasteiger partial charge in [0.05, 0.1) is 6.10 Å². The van der Waals surface area contributed by atoms with E-state index in [-0.39, 0.29) is 11.3 Å². The van der Waals surface area contributed by atoms with Gasteiger partial charge in [-0.25, -0.2) is 0 Å². The summed E-state index contributed by atoms with van der Waals surface area (Å²) < 4.78 is 0. The number of aliphatic hydroxyl groups is 1. The number of aryl methyl sites for hydroxylation is 1. The van der Waals surface area contributed by atoms with E-state index in [0.29, 0.717) is 18.5 Å². The molecule has 3 heteroatoms. The first kappa shape index (κ1) is 15.7. The first-order valence-corrected chi connectivity index (χ1v) is 6.89. The number of hydrogen-bond acceptors (Lipinski definition) is 2. The molecule has 0 heterocycles. The summed E-state index contributed by atoms with van der Waals surface area (Å²) in [7, 11) is 0. The smallest absolute Gasteiger partial charge is 0.251 e. The van der Waals surface area contributed by atoms with Crippen molar-refractivity contribution in [3.8, 4) is 0 Å². The second-order valence-corrected chi connectivity index (χ2v) is 5.98. The van der Waals surface area contributed by atoms with Crippen LogP contribution in [0.25, 0.3) is 0 Å². The average molecular weight is 263 g/mol. The van der Waals surface area contributed by atoms with E-state index < -0.39 is 6.10 Å². The van der Waals surface area contributed by atoms with E-state index in [1.54, 1.807) is 0 Å². The van der Waals surface area contributed by atoms with Gasteiger partial charge in [-0.3, -0.25) is 4.79 Å². The second kappa shape index (κ2) is 6.71. The predicted molar refractivity (Wildman–Crippen MR) is 78.2 cm³/mol. The highest BCUT2D eigenvalue weighted by atomic mass is 16.3. The molecule has 1 rings (SSSR count). The Morgan fingerprint density at radius 3 is 2.32 bits per heavy atom. The monoisotopic (exact) mass is 263 g/mol. The Morgan fingerprint density at radius 2 is 1.84 bits per heavy atom. The molecule has 19 heavy (non-hydrogen) atoms. The molecule has 1 atom stereocenters. The molecule has 1 amide bonds. The minimum absolute atomic E-state index is 0.0798. The maximum absolute atomic E-state index is 11.9. The van der Waals surface area contributed by atoms with E-state index in [0.717, 1.165) is 6.42 Å². The summed E-state index contributed by atoms with van der Waals surface area (Å²) >= 11 is 0. The van der Waals surface area contributed by atoms with Gasteiger partial charge in [-0.15, -0.1) is 0 Å². The highest BCUT2D eigenvalue weighted by Crippen LogP contribution is 2.20. The van der Waals surface area contributed by atoms with Crippen LogP contribution in [0.4, 0.5) is 0 Å². The van der Waals surface area contributed by atoms with Crippen LogP contribution in [0.3, 0.4) is 0 Å². The number of rotatable bonds is 5. The van der Waals surface area contributed by atoms with Gasteiger partial charge in [-0.1, -0.05) is 39.8 Å². The minimum atomic E-state index is -0.407. The Hall–Kier alpha value is -1.35. The molecule has 0 fully saturated rings. The predicted octanol–water partition coefficient (Wildman–Crippen LogP) is 2.78. The number of carbonyl (C=O) groups excluding carboxylic acids is 1. The summed E-state index contributed by atoms with van der Waals surface area (Å²) in [5.41, 5.74) is 1.75. The van der Waals surface area contributed by atoms with Gasteiger partial charge >= 0.3 is 0 Å². The van der Waals surface area contributed by atoms with E-state index in [4.69, 9.17) is 0 Å². The normalized spacial score (nSPS) is 13.1. The van der Waals surface area contributed by atoms with Crippen LogP contribution in [0, 0.1) is 5.41 Å². The van der Waals surface area contributed by atoms with Crippen molar-refractivity contribution in [3.05, 3.63) is 35.4 Å². The van der Waals surface area contributed by atoms with Crippen molar-refractivity contribution < 1.29 is 9.90 Å². The Bertz CT molecular complexity index is 404. The van der Waals surface area contributed by atoms with E-state index in [2.05, 4.69) is 12.2 Å². The second-order valence-electron chi connectivity index (χ2n) is 5.98. The largest absolute Gasteiger partial charge is 0.393 e. The number of hydrogen-bond donors (Lipinski definition) is 2. The lowest BCUT2D eigenvalue weighted by molar-refractivity contribution is 0.0551. The van der Waals surface area contributed by atoms with Crippen LogP contribution in [0.2, 0.25) is 0 Å². The van der Waals surface area contributed by atoms with Crippen LogP contribution in [-0.4, -0.2) is 23.7 Å². The molecule has 1 aromatic carbocycles. The highest BCUT2D eigenvalue weighted by molar-refractivity contribution is 5.94. The standard InChI is InChI=1S/C16H25NO2/c1-5-12-6-8-13(9-7-12)15(19)17-11-10-14(18)16(2,3)4/h6-9,14,18H,5,10-11H2,1-4H3,(H,17,19)/t14-/m0/s1. The maximum atomic E-state index is 11.9. The minimum Gasteiger partial charge on any atom is -0.393 e. The lowest BCUT2D eigenvalue weighted by Crippen LogP contribution is -2.32. The van der Waals surface area contributed by atoms with E-state index in [9.17, 15) is 9.90 Å². The molecule has 0 bridgehead atoms. The highest BCUT2D eigenvalue weighted by Gasteiger charge is 2.21. The molecular weight excluding hydrogens is 238 g/mol. The van der Waals surface area contributed by atoms with Crippen molar-refractivity contribution in [1.82, 2.24) is 5.32 Å². The lowest BCUT2D eigenvalue weighted by Gasteiger charge is -2.25. The van der Waals surface area contributed by atoms with Gasteiger partial charge < -0.3 is 10.4 Å². The Labute approximate surface area is 116 Å². The Morgan fingerprint density at radius 1 is 1.26 bits per heavy atom. The molecule has 106 valence electrons. The molecule has 0 aliphatic heterocycles. The molecule has 3 nitrogen and oxygen atoms in total. The van der Waals surface area contributed by atoms with Crippen LogP contribution in [0.15, 0.2) is 24.3 Å². The zero-order valence-electron chi connectivity index (χ0n) is 12.4. The van der Waals surface area contributed by atoms with Crippen LogP contribution in [0.1, 0.15) is 50.0 Å². The van der Waals surface area contributed by atoms with Crippen molar-refractivity contribution in [2.45, 2.75) is 46.6 Å². The summed E-state index contributed by atoms with van der Waals surface area (Å²) in [4.78, 5) is 11.9. The van der Waals surface area contributed by atoms with Crippen molar-refractivity contribution in [3.63, 3.8) is 0 Å². The molecule has 0 aliphatic rings. The van der Waals surface area contributed by atoms with Crippen LogP contribution in [-0.2, 0) is 6.42 Å². The van der Waals surface area contributed by atoms with E-state index in [1.807, 2.05) is 45.0 Å². The van der Waals surface area contributed by atoms with Gasteiger partial charge in [0.15, 0.2) is 0 Å². The fraction of sp³-hybridized carbons (Fsp3) is 0.562. The summed E-state index contributed by atoms with van der Waals surface area (Å²) in [5.74, 6) is -0.0798. The third-order valence-electron chi connectivity index (χ3n) is 3.33. The quantitative estimate of drug-likeness (QED) is 0.858. The van der Waals surface area contributed by atoms with Gasteiger partial charge in [0.25, 0.3) is 5.91 Å². The summed E-state index contributed by atoms with van der Waals surface area (Å²) in [5, 5.41) is 12.7. The fourth-order valence-electron chi connectivity index (χ4n) is 1.75. The first-order valence-electron chi connectivity index (χ1n) is 6.89. The fourth-order valence-corrected chi connectivity index (χ4v) is 1.75. The zero-order chi connectivity index (χ0) is 14.5. The maximum Gasteiger partial charge on any atom is 0.251 e. The molecule has 0 aromatic heterocycles. The molecular formula is C16H25NO2. The van der Waals surface area contributed by atoms with E-state index >= 15 is 0 Å². The van der Waals surface area contributed by atoms with Gasteiger partial charge in [-0.2, -0.15) is 0 Å². The van der Waals surface area contributed by atoms with Crippen molar-refractivity contribution in [2.75, 3.05) is 6.54 Å². The molecule has 0 saturated heterocycles. The molecule has 2 N–H and O–H groups in total. The molecule has 0 radical (unpaired) electrons. The number of aliphatic hydroxyl groups excluding tert-OH is 1. The lowest BCUT2D eigenvalue weighted by atomic mass is 9.87. The first-order chi connectivity index (χ1) is 8.84. The molecule has 0 saturated carbocycles. The topological polar surface area (TPSA) is 49.3 Å². The summed E-state index contributed by atoms with van der Waals surface area (Å²) in [6.07, 6.45) is 1.14. The number of nitrogens with one attached hydrogen (secondary N) is 1. The number of carbonyl (C=O) groups is 1. The number of benzene rings is 1. The van der Waals surface area contributed by atoms with Gasteiger partial charge in [0.2, 0.25) is 0 Å². The Kier molecular flexibility index (Phi) is 5.55.